The second-order valence-electron chi connectivity index (χ2n) is 6.97. The van der Waals surface area contributed by atoms with Crippen LogP contribution in [-0.2, 0) is 4.79 Å². The van der Waals surface area contributed by atoms with Crippen molar-refractivity contribution < 1.29 is 4.79 Å². The molecule has 2 fully saturated rings. The van der Waals surface area contributed by atoms with Crippen molar-refractivity contribution in [1.82, 2.24) is 19.9 Å². The van der Waals surface area contributed by atoms with E-state index < -0.39 is 0 Å². The SMILES string of the molecule is CSCCCN1C(=O)CC[C@H]2CN(c3ncnc4[nH]ccc34)CC[C@H]21. The van der Waals surface area contributed by atoms with Crippen molar-refractivity contribution in [2.45, 2.75) is 31.7 Å². The van der Waals surface area contributed by atoms with Crippen LogP contribution < -0.4 is 4.90 Å². The second kappa shape index (κ2) is 7.23. The van der Waals surface area contributed by atoms with Gasteiger partial charge in [-0.3, -0.25) is 4.79 Å². The molecular formula is C18H25N5OS. The molecule has 0 spiro atoms. The van der Waals surface area contributed by atoms with Crippen molar-refractivity contribution >= 4 is 34.5 Å². The third kappa shape index (κ3) is 3.21. The van der Waals surface area contributed by atoms with E-state index in [-0.39, 0.29) is 0 Å². The zero-order valence-corrected chi connectivity index (χ0v) is 15.5. The van der Waals surface area contributed by atoms with Gasteiger partial charge in [0.25, 0.3) is 0 Å². The maximum Gasteiger partial charge on any atom is 0.222 e. The van der Waals surface area contributed by atoms with Crippen LogP contribution in [0, 0.1) is 5.92 Å². The standard InChI is InChI=1S/C18H25N5OS/c1-25-10-2-8-23-15-6-9-22(11-13(15)3-4-16(23)24)18-14-5-7-19-17(14)20-12-21-18/h5,7,12-13,15H,2-4,6,8-11H2,1H3,(H,19,20,21)/t13-,15+/m0/s1. The number of aromatic nitrogens is 3. The molecule has 4 rings (SSSR count). The highest BCUT2D eigenvalue weighted by molar-refractivity contribution is 7.98. The zero-order chi connectivity index (χ0) is 17.2. The smallest absolute Gasteiger partial charge is 0.222 e. The van der Waals surface area contributed by atoms with Gasteiger partial charge in [0, 0.05) is 38.3 Å². The van der Waals surface area contributed by atoms with Crippen LogP contribution in [0.1, 0.15) is 25.7 Å². The summed E-state index contributed by atoms with van der Waals surface area (Å²) in [5, 5.41) is 1.09. The molecule has 2 aliphatic heterocycles. The van der Waals surface area contributed by atoms with E-state index in [1.165, 1.54) is 0 Å². The summed E-state index contributed by atoms with van der Waals surface area (Å²) in [6.45, 7) is 2.84. The number of H-pyrrole nitrogens is 1. The van der Waals surface area contributed by atoms with Crippen LogP contribution in [0.5, 0.6) is 0 Å². The number of anilines is 1. The van der Waals surface area contributed by atoms with E-state index in [1.54, 1.807) is 6.33 Å². The molecule has 7 heteroatoms. The van der Waals surface area contributed by atoms with Crippen LogP contribution >= 0.6 is 11.8 Å². The molecule has 6 nitrogen and oxygen atoms in total. The highest BCUT2D eigenvalue weighted by atomic mass is 32.2. The number of hydrogen-bond acceptors (Lipinski definition) is 5. The molecule has 0 aliphatic carbocycles. The summed E-state index contributed by atoms with van der Waals surface area (Å²) in [5.74, 6) is 3.05. The van der Waals surface area contributed by atoms with Gasteiger partial charge >= 0.3 is 0 Å². The lowest BCUT2D eigenvalue weighted by Gasteiger charge is -2.47. The Morgan fingerprint density at radius 1 is 1.36 bits per heavy atom. The third-order valence-corrected chi connectivity index (χ3v) is 6.22. The average Bonchev–Trinajstić information content (AvgIpc) is 3.12. The summed E-state index contributed by atoms with van der Waals surface area (Å²) in [5.41, 5.74) is 0.893. The molecule has 4 heterocycles. The van der Waals surface area contributed by atoms with E-state index in [1.807, 2.05) is 18.0 Å². The third-order valence-electron chi connectivity index (χ3n) is 5.52. The fourth-order valence-corrected chi connectivity index (χ4v) is 4.74. The number of fused-ring (bicyclic) bond motifs is 2. The van der Waals surface area contributed by atoms with Crippen LogP contribution in [0.2, 0.25) is 0 Å². The Morgan fingerprint density at radius 2 is 2.28 bits per heavy atom. The lowest BCUT2D eigenvalue weighted by atomic mass is 9.83. The van der Waals surface area contributed by atoms with Crippen LogP contribution in [0.25, 0.3) is 11.0 Å². The van der Waals surface area contributed by atoms with Gasteiger partial charge < -0.3 is 14.8 Å². The Morgan fingerprint density at radius 3 is 3.16 bits per heavy atom. The molecule has 0 radical (unpaired) electrons. The molecule has 0 bridgehead atoms. The fourth-order valence-electron chi connectivity index (χ4n) is 4.32. The summed E-state index contributed by atoms with van der Waals surface area (Å²) in [7, 11) is 0. The second-order valence-corrected chi connectivity index (χ2v) is 7.96. The Balaban J connectivity index is 1.50. The van der Waals surface area contributed by atoms with Gasteiger partial charge in [0.2, 0.25) is 5.91 Å². The number of hydrogen-bond donors (Lipinski definition) is 1. The fraction of sp³-hybridized carbons (Fsp3) is 0.611. The number of aromatic amines is 1. The molecule has 2 saturated heterocycles. The summed E-state index contributed by atoms with van der Waals surface area (Å²) in [4.78, 5) is 29.0. The number of nitrogens with zero attached hydrogens (tertiary/aromatic N) is 4. The van der Waals surface area contributed by atoms with Gasteiger partial charge in [-0.2, -0.15) is 11.8 Å². The Labute approximate surface area is 152 Å². The van der Waals surface area contributed by atoms with Crippen LogP contribution in [0.3, 0.4) is 0 Å². The number of likely N-dealkylation sites (tertiary alicyclic amines) is 1. The normalized spacial score (nSPS) is 24.0. The number of carbonyl (C=O) groups is 1. The van der Waals surface area contributed by atoms with E-state index in [0.717, 1.165) is 61.5 Å². The van der Waals surface area contributed by atoms with Crippen molar-refractivity contribution in [3.8, 4) is 0 Å². The van der Waals surface area contributed by atoms with Gasteiger partial charge in [0.15, 0.2) is 0 Å². The molecule has 25 heavy (non-hydrogen) atoms. The molecule has 2 aromatic rings. The van der Waals surface area contributed by atoms with E-state index >= 15 is 0 Å². The minimum atomic E-state index is 0.353. The Hall–Kier alpha value is -1.76. The maximum atomic E-state index is 12.4. The van der Waals surface area contributed by atoms with E-state index in [9.17, 15) is 4.79 Å². The van der Waals surface area contributed by atoms with Gasteiger partial charge in [-0.05, 0) is 43.3 Å². The van der Waals surface area contributed by atoms with Crippen molar-refractivity contribution in [2.24, 2.45) is 5.92 Å². The molecule has 2 aliphatic rings. The number of rotatable bonds is 5. The molecule has 2 aromatic heterocycles. The Bertz CT molecular complexity index is 748. The average molecular weight is 359 g/mol. The molecule has 0 unspecified atom stereocenters. The Kier molecular flexibility index (Phi) is 4.83. The summed E-state index contributed by atoms with van der Waals surface area (Å²) in [6.07, 6.45) is 9.50. The maximum absolute atomic E-state index is 12.4. The van der Waals surface area contributed by atoms with E-state index in [2.05, 4.69) is 37.1 Å². The molecule has 2 atom stereocenters. The number of amides is 1. The van der Waals surface area contributed by atoms with Crippen LogP contribution in [0.4, 0.5) is 5.82 Å². The molecular weight excluding hydrogens is 334 g/mol. The monoisotopic (exact) mass is 359 g/mol. The summed E-state index contributed by atoms with van der Waals surface area (Å²) in [6, 6.07) is 2.46. The van der Waals surface area contributed by atoms with Gasteiger partial charge in [0.1, 0.15) is 17.8 Å². The first-order valence-corrected chi connectivity index (χ1v) is 10.5. The van der Waals surface area contributed by atoms with Gasteiger partial charge in [-0.25, -0.2) is 9.97 Å². The van der Waals surface area contributed by atoms with Gasteiger partial charge in [0.05, 0.1) is 5.39 Å². The topological polar surface area (TPSA) is 65.1 Å². The quantitative estimate of drug-likeness (QED) is 0.831. The van der Waals surface area contributed by atoms with Crippen molar-refractivity contribution in [3.05, 3.63) is 18.6 Å². The first-order chi connectivity index (χ1) is 12.3. The predicted octanol–water partition coefficient (Wildman–Crippen LogP) is 2.53. The predicted molar refractivity (Wildman–Crippen MR) is 102 cm³/mol. The molecule has 1 amide bonds. The molecule has 0 saturated carbocycles. The number of nitrogens with one attached hydrogen (secondary N) is 1. The lowest BCUT2D eigenvalue weighted by molar-refractivity contribution is -0.139. The van der Waals surface area contributed by atoms with Gasteiger partial charge in [-0.15, -0.1) is 0 Å². The largest absolute Gasteiger partial charge is 0.356 e. The zero-order valence-electron chi connectivity index (χ0n) is 14.6. The highest BCUT2D eigenvalue weighted by Crippen LogP contribution is 2.34. The van der Waals surface area contributed by atoms with E-state index in [0.29, 0.717) is 24.3 Å². The molecule has 1 N–H and O–H groups in total. The van der Waals surface area contributed by atoms with Crippen molar-refractivity contribution in [3.63, 3.8) is 0 Å². The minimum Gasteiger partial charge on any atom is -0.356 e. The van der Waals surface area contributed by atoms with Crippen LogP contribution in [-0.4, -0.2) is 63.4 Å². The number of thioether (sulfide) groups is 1. The van der Waals surface area contributed by atoms with E-state index in [4.69, 9.17) is 0 Å². The number of piperidine rings is 2. The summed E-state index contributed by atoms with van der Waals surface area (Å²) < 4.78 is 0. The van der Waals surface area contributed by atoms with Crippen molar-refractivity contribution in [2.75, 3.05) is 36.5 Å². The number of carbonyl (C=O) groups excluding carboxylic acids is 1. The summed E-state index contributed by atoms with van der Waals surface area (Å²) >= 11 is 1.86. The first-order valence-electron chi connectivity index (χ1n) is 9.09. The molecule has 134 valence electrons. The molecule has 0 aromatic carbocycles. The van der Waals surface area contributed by atoms with Crippen molar-refractivity contribution in [1.29, 1.82) is 0 Å². The minimum absolute atomic E-state index is 0.353. The van der Waals surface area contributed by atoms with Crippen LogP contribution in [0.15, 0.2) is 18.6 Å². The van der Waals surface area contributed by atoms with Gasteiger partial charge in [-0.1, -0.05) is 0 Å². The highest BCUT2D eigenvalue weighted by Gasteiger charge is 2.39. The first kappa shape index (κ1) is 16.7. The lowest BCUT2D eigenvalue weighted by Crippen LogP contribution is -2.56.